The molecule has 0 unspecified atom stereocenters. The molecule has 0 saturated heterocycles. The van der Waals surface area contributed by atoms with Crippen LogP contribution in [0.3, 0.4) is 0 Å². The van der Waals surface area contributed by atoms with Gasteiger partial charge in [0, 0.05) is 6.21 Å². The second-order valence-electron chi connectivity index (χ2n) is 5.69. The van der Waals surface area contributed by atoms with Crippen molar-refractivity contribution in [2.24, 2.45) is 10.9 Å². The predicted octanol–water partition coefficient (Wildman–Crippen LogP) is 1.96. The molecule has 134 valence electrons. The Bertz CT molecular complexity index is 907. The largest absolute Gasteiger partial charge is 0.494 e. The van der Waals surface area contributed by atoms with Crippen molar-refractivity contribution in [1.29, 1.82) is 0 Å². The fourth-order valence-electron chi connectivity index (χ4n) is 2.22. The molecule has 0 spiro atoms. The Kier molecular flexibility index (Phi) is 5.92. The maximum absolute atomic E-state index is 12.3. The number of ether oxygens (including phenoxy) is 1. The quantitative estimate of drug-likeness (QED) is 0.533. The van der Waals surface area contributed by atoms with E-state index in [9.17, 15) is 19.5 Å². The Morgan fingerprint density at radius 2 is 2.12 bits per heavy atom. The minimum Gasteiger partial charge on any atom is -0.494 e. The van der Waals surface area contributed by atoms with Crippen LogP contribution in [0.2, 0.25) is 0 Å². The molecule has 0 aliphatic heterocycles. The average molecular weight is 365 g/mol. The van der Waals surface area contributed by atoms with E-state index in [-0.39, 0.29) is 12.2 Å². The Balaban J connectivity index is 2.46. The lowest BCUT2D eigenvalue weighted by Crippen LogP contribution is -2.24. The first-order chi connectivity index (χ1) is 11.8. The molecule has 0 radical (unpaired) electrons. The molecule has 0 saturated carbocycles. The molecule has 25 heavy (non-hydrogen) atoms. The number of aromatic nitrogens is 2. The van der Waals surface area contributed by atoms with Crippen LogP contribution in [0, 0.1) is 5.92 Å². The summed E-state index contributed by atoms with van der Waals surface area (Å²) >= 11 is 1.24. The van der Waals surface area contributed by atoms with Crippen molar-refractivity contribution in [2.75, 3.05) is 6.61 Å². The number of rotatable bonds is 6. The number of aromatic amines is 2. The monoisotopic (exact) mass is 365 g/mol. The summed E-state index contributed by atoms with van der Waals surface area (Å²) in [4.78, 5) is 43.3. The summed E-state index contributed by atoms with van der Waals surface area (Å²) < 4.78 is 5.09. The number of aliphatic imine (C=N–C) groups is 1. The molecule has 2 heterocycles. The fourth-order valence-corrected chi connectivity index (χ4v) is 3.13. The number of H-pyrrole nitrogens is 2. The minimum absolute atomic E-state index is 0.201. The molecule has 0 atom stereocenters. The molecule has 2 aromatic rings. The maximum Gasteiger partial charge on any atom is 0.341 e. The van der Waals surface area contributed by atoms with Crippen LogP contribution in [0.4, 0.5) is 5.00 Å². The van der Waals surface area contributed by atoms with Gasteiger partial charge in [-0.2, -0.15) is 0 Å². The van der Waals surface area contributed by atoms with Crippen molar-refractivity contribution in [3.8, 4) is 5.88 Å². The second kappa shape index (κ2) is 7.93. The zero-order valence-corrected chi connectivity index (χ0v) is 14.9. The summed E-state index contributed by atoms with van der Waals surface area (Å²) in [5.41, 5.74) is -0.612. The number of aromatic hydroxyl groups is 1. The van der Waals surface area contributed by atoms with E-state index in [4.69, 9.17) is 4.74 Å². The minimum atomic E-state index is -0.817. The summed E-state index contributed by atoms with van der Waals surface area (Å²) in [6.07, 6.45) is 1.79. The van der Waals surface area contributed by atoms with Crippen molar-refractivity contribution in [3.63, 3.8) is 0 Å². The zero-order valence-electron chi connectivity index (χ0n) is 14.1. The van der Waals surface area contributed by atoms with Gasteiger partial charge in [-0.1, -0.05) is 13.8 Å². The van der Waals surface area contributed by atoms with E-state index >= 15 is 0 Å². The van der Waals surface area contributed by atoms with Crippen molar-refractivity contribution in [3.05, 3.63) is 42.9 Å². The van der Waals surface area contributed by atoms with Gasteiger partial charge in [0.15, 0.2) is 0 Å². The van der Waals surface area contributed by atoms with Crippen LogP contribution in [-0.2, 0) is 11.2 Å². The molecule has 3 N–H and O–H groups in total. The normalized spacial score (nSPS) is 11.4. The van der Waals surface area contributed by atoms with E-state index in [1.807, 2.05) is 24.2 Å². The Morgan fingerprint density at radius 1 is 1.40 bits per heavy atom. The maximum atomic E-state index is 12.3. The van der Waals surface area contributed by atoms with Crippen LogP contribution in [0.1, 0.15) is 42.3 Å². The summed E-state index contributed by atoms with van der Waals surface area (Å²) in [6, 6.07) is 0. The third kappa shape index (κ3) is 4.44. The van der Waals surface area contributed by atoms with Crippen molar-refractivity contribution in [2.45, 2.75) is 27.2 Å². The number of esters is 1. The van der Waals surface area contributed by atoms with Crippen molar-refractivity contribution >= 4 is 28.5 Å². The molecule has 0 aliphatic carbocycles. The molecule has 0 aliphatic rings. The Morgan fingerprint density at radius 3 is 2.72 bits per heavy atom. The number of carbonyl (C=O) groups excluding carboxylic acids is 1. The summed E-state index contributed by atoms with van der Waals surface area (Å²) in [5.74, 6) is -0.731. The molecule has 0 fully saturated rings. The summed E-state index contributed by atoms with van der Waals surface area (Å²) in [6.45, 7) is 6.02. The highest BCUT2D eigenvalue weighted by Gasteiger charge is 2.20. The molecule has 2 aromatic heterocycles. The van der Waals surface area contributed by atoms with Gasteiger partial charge in [0.05, 0.1) is 12.2 Å². The van der Waals surface area contributed by atoms with E-state index in [0.29, 0.717) is 22.9 Å². The van der Waals surface area contributed by atoms with E-state index < -0.39 is 23.1 Å². The van der Waals surface area contributed by atoms with Crippen LogP contribution in [0.5, 0.6) is 5.88 Å². The first kappa shape index (κ1) is 18.7. The first-order valence-electron chi connectivity index (χ1n) is 7.70. The van der Waals surface area contributed by atoms with Gasteiger partial charge in [-0.25, -0.2) is 14.6 Å². The average Bonchev–Trinajstić information content (AvgIpc) is 2.88. The molecular weight excluding hydrogens is 346 g/mol. The molecule has 8 nitrogen and oxygen atoms in total. The van der Waals surface area contributed by atoms with Gasteiger partial charge in [-0.05, 0) is 30.2 Å². The molecule has 0 aromatic carbocycles. The predicted molar refractivity (Wildman–Crippen MR) is 95.4 cm³/mol. The lowest BCUT2D eigenvalue weighted by molar-refractivity contribution is 0.0526. The van der Waals surface area contributed by atoms with Gasteiger partial charge >= 0.3 is 11.7 Å². The smallest absolute Gasteiger partial charge is 0.341 e. The van der Waals surface area contributed by atoms with E-state index in [0.717, 1.165) is 11.8 Å². The summed E-state index contributed by atoms with van der Waals surface area (Å²) in [5, 5.41) is 11.9. The fraction of sp³-hybridized carbons (Fsp3) is 0.375. The second-order valence-corrected chi connectivity index (χ2v) is 6.55. The third-order valence-electron chi connectivity index (χ3n) is 3.23. The van der Waals surface area contributed by atoms with Crippen LogP contribution < -0.4 is 11.2 Å². The van der Waals surface area contributed by atoms with Crippen LogP contribution in [-0.4, -0.2) is 33.9 Å². The molecule has 2 rings (SSSR count). The molecule has 9 heteroatoms. The van der Waals surface area contributed by atoms with E-state index in [2.05, 4.69) is 9.98 Å². The molecule has 0 bridgehead atoms. The SMILES string of the molecule is CCOC(=O)c1c(CC(C)C)csc1/N=C/c1c(O)[nH]c(=O)[nH]c1=O. The number of nitrogens with zero attached hydrogens (tertiary/aromatic N) is 1. The zero-order chi connectivity index (χ0) is 18.6. The molecular formula is C16H19N3O5S. The van der Waals surface area contributed by atoms with Gasteiger partial charge in [-0.3, -0.25) is 14.8 Å². The van der Waals surface area contributed by atoms with Gasteiger partial charge in [0.25, 0.3) is 5.56 Å². The first-order valence-corrected chi connectivity index (χ1v) is 8.58. The third-order valence-corrected chi connectivity index (χ3v) is 4.16. The Hall–Kier alpha value is -2.68. The lowest BCUT2D eigenvalue weighted by Gasteiger charge is -2.07. The van der Waals surface area contributed by atoms with Gasteiger partial charge < -0.3 is 9.84 Å². The van der Waals surface area contributed by atoms with E-state index in [1.165, 1.54) is 11.3 Å². The number of hydrogen-bond donors (Lipinski definition) is 3. The van der Waals surface area contributed by atoms with Gasteiger partial charge in [-0.15, -0.1) is 11.3 Å². The molecule has 0 amide bonds. The summed E-state index contributed by atoms with van der Waals surface area (Å²) in [7, 11) is 0. The highest BCUT2D eigenvalue weighted by molar-refractivity contribution is 7.14. The highest BCUT2D eigenvalue weighted by atomic mass is 32.1. The number of hydrogen-bond acceptors (Lipinski definition) is 7. The highest BCUT2D eigenvalue weighted by Crippen LogP contribution is 2.33. The number of carbonyl (C=O) groups is 1. The van der Waals surface area contributed by atoms with E-state index in [1.54, 1.807) is 6.92 Å². The van der Waals surface area contributed by atoms with Crippen molar-refractivity contribution < 1.29 is 14.6 Å². The Labute approximate surface area is 147 Å². The lowest BCUT2D eigenvalue weighted by atomic mass is 10.0. The topological polar surface area (TPSA) is 125 Å². The van der Waals surface area contributed by atoms with Crippen molar-refractivity contribution in [1.82, 2.24) is 9.97 Å². The van der Waals surface area contributed by atoms with Gasteiger partial charge in [0.1, 0.15) is 10.6 Å². The number of nitrogens with one attached hydrogen (secondary N) is 2. The van der Waals surface area contributed by atoms with Gasteiger partial charge in [0.2, 0.25) is 5.88 Å². The number of thiophene rings is 1. The van der Waals surface area contributed by atoms with Crippen LogP contribution >= 0.6 is 11.3 Å². The van der Waals surface area contributed by atoms with Crippen LogP contribution in [0.15, 0.2) is 20.0 Å². The van der Waals surface area contributed by atoms with Crippen LogP contribution in [0.25, 0.3) is 0 Å². The standard InChI is InChI=1S/C16H19N3O5S/c1-4-24-15(22)11-9(5-8(2)3)7-25-14(11)17-6-10-12(20)18-16(23)19-13(10)21/h6-8H,4-5H2,1-3H3,(H3,18,19,20,21,23)/b17-6+.